The Morgan fingerprint density at radius 1 is 1.40 bits per heavy atom. The van der Waals surface area contributed by atoms with Crippen LogP contribution >= 0.6 is 8.03 Å². The highest BCUT2D eigenvalue weighted by Gasteiger charge is 2.28. The molecule has 1 saturated carbocycles. The van der Waals surface area contributed by atoms with Crippen LogP contribution in [0.1, 0.15) is 25.7 Å². The molecular weight excluding hydrogens is 154 g/mol. The van der Waals surface area contributed by atoms with E-state index in [2.05, 4.69) is 0 Å². The summed E-state index contributed by atoms with van der Waals surface area (Å²) in [5.74, 6) is 0. The number of alkyl halides is 1. The van der Waals surface area contributed by atoms with Crippen LogP contribution in [0.15, 0.2) is 0 Å². The molecule has 0 aromatic rings. The van der Waals surface area contributed by atoms with E-state index in [0.29, 0.717) is 12.8 Å². The third-order valence-corrected chi connectivity index (χ3v) is 3.28. The van der Waals surface area contributed by atoms with Gasteiger partial charge in [0.15, 0.2) is 8.03 Å². The molecule has 1 aliphatic rings. The van der Waals surface area contributed by atoms with Gasteiger partial charge in [0.2, 0.25) is 0 Å². The molecule has 0 heterocycles. The van der Waals surface area contributed by atoms with Crippen molar-refractivity contribution in [2.45, 2.75) is 37.5 Å². The molecule has 3 unspecified atom stereocenters. The topological polar surface area (TPSA) is 37.3 Å². The van der Waals surface area contributed by atoms with E-state index in [9.17, 15) is 8.96 Å². The summed E-state index contributed by atoms with van der Waals surface area (Å²) in [6.45, 7) is 0. The van der Waals surface area contributed by atoms with Gasteiger partial charge in [0.25, 0.3) is 0 Å². The van der Waals surface area contributed by atoms with Crippen molar-refractivity contribution in [1.29, 1.82) is 0 Å². The van der Waals surface area contributed by atoms with Gasteiger partial charge in [-0.2, -0.15) is 0 Å². The minimum atomic E-state index is -2.61. The molecule has 1 N–H and O–H groups in total. The second-order valence-electron chi connectivity index (χ2n) is 2.75. The van der Waals surface area contributed by atoms with Crippen molar-refractivity contribution in [3.8, 4) is 0 Å². The van der Waals surface area contributed by atoms with Crippen molar-refractivity contribution in [2.75, 3.05) is 0 Å². The molecule has 0 bridgehead atoms. The monoisotopic (exact) mass is 166 g/mol. The minimum absolute atomic E-state index is 0.474. The van der Waals surface area contributed by atoms with Crippen LogP contribution in [-0.4, -0.2) is 16.7 Å². The van der Waals surface area contributed by atoms with Gasteiger partial charge in [-0.15, -0.1) is 0 Å². The van der Waals surface area contributed by atoms with Crippen LogP contribution in [-0.2, 0) is 4.57 Å². The first kappa shape index (κ1) is 8.22. The summed E-state index contributed by atoms with van der Waals surface area (Å²) in [4.78, 5) is 8.65. The Labute approximate surface area is 60.3 Å². The molecular formula is C6H12FO2P. The molecule has 60 valence electrons. The van der Waals surface area contributed by atoms with Crippen LogP contribution in [0.2, 0.25) is 0 Å². The lowest BCUT2D eigenvalue weighted by molar-refractivity contribution is 0.247. The van der Waals surface area contributed by atoms with E-state index in [1.807, 2.05) is 0 Å². The van der Waals surface area contributed by atoms with Crippen molar-refractivity contribution in [1.82, 2.24) is 0 Å². The summed E-state index contributed by atoms with van der Waals surface area (Å²) in [5.41, 5.74) is -0.543. The normalized spacial score (nSPS) is 37.4. The third kappa shape index (κ3) is 1.80. The highest BCUT2D eigenvalue weighted by Crippen LogP contribution is 2.36. The number of rotatable bonds is 1. The number of hydrogen-bond donors (Lipinski definition) is 1. The zero-order chi connectivity index (χ0) is 7.56. The van der Waals surface area contributed by atoms with Crippen molar-refractivity contribution in [3.05, 3.63) is 0 Å². The van der Waals surface area contributed by atoms with E-state index in [1.54, 1.807) is 0 Å². The Kier molecular flexibility index (Phi) is 2.87. The van der Waals surface area contributed by atoms with Gasteiger partial charge in [0.05, 0.1) is 5.66 Å². The molecule has 4 heteroatoms. The van der Waals surface area contributed by atoms with Crippen LogP contribution < -0.4 is 0 Å². The summed E-state index contributed by atoms with van der Waals surface area (Å²) in [5, 5.41) is 0. The molecule has 0 aliphatic heterocycles. The minimum Gasteiger partial charge on any atom is -0.346 e. The molecule has 0 aromatic carbocycles. The first-order valence-electron chi connectivity index (χ1n) is 3.58. The fourth-order valence-electron chi connectivity index (χ4n) is 1.36. The van der Waals surface area contributed by atoms with Crippen LogP contribution in [0, 0.1) is 0 Å². The Morgan fingerprint density at radius 3 is 2.40 bits per heavy atom. The lowest BCUT2D eigenvalue weighted by atomic mass is 9.98. The van der Waals surface area contributed by atoms with Crippen molar-refractivity contribution >= 4 is 8.03 Å². The third-order valence-electron chi connectivity index (χ3n) is 2.00. The smallest absolute Gasteiger partial charge is 0.194 e. The van der Waals surface area contributed by atoms with Gasteiger partial charge >= 0.3 is 0 Å². The molecule has 0 saturated heterocycles. The molecule has 1 aliphatic carbocycles. The fourth-order valence-corrected chi connectivity index (χ4v) is 2.29. The van der Waals surface area contributed by atoms with Gasteiger partial charge in [0.1, 0.15) is 6.17 Å². The Hall–Kier alpha value is 0.120. The predicted octanol–water partition coefficient (Wildman–Crippen LogP) is 1.73. The molecule has 0 radical (unpaired) electrons. The zero-order valence-corrected chi connectivity index (χ0v) is 6.72. The Bertz CT molecular complexity index is 140. The summed E-state index contributed by atoms with van der Waals surface area (Å²) in [6.07, 6.45) is 1.82. The number of halogens is 1. The standard InChI is InChI=1S/C6H12FO2P/c7-5-3-1-2-4-6(5)10(8)9/h5-6,10H,1-4H2,(H,8,9). The second kappa shape index (κ2) is 3.49. The van der Waals surface area contributed by atoms with E-state index in [1.165, 1.54) is 0 Å². The van der Waals surface area contributed by atoms with Crippen molar-refractivity contribution in [2.24, 2.45) is 0 Å². The highest BCUT2D eigenvalue weighted by molar-refractivity contribution is 7.39. The van der Waals surface area contributed by atoms with Crippen LogP contribution in [0.5, 0.6) is 0 Å². The lowest BCUT2D eigenvalue weighted by Crippen LogP contribution is -2.22. The van der Waals surface area contributed by atoms with E-state index >= 15 is 0 Å². The maximum Gasteiger partial charge on any atom is 0.194 e. The van der Waals surface area contributed by atoms with Gasteiger partial charge in [-0.25, -0.2) is 4.39 Å². The van der Waals surface area contributed by atoms with E-state index in [4.69, 9.17) is 4.89 Å². The number of hydrogen-bond acceptors (Lipinski definition) is 1. The molecule has 2 nitrogen and oxygen atoms in total. The van der Waals surface area contributed by atoms with Crippen LogP contribution in [0.25, 0.3) is 0 Å². The Balaban J connectivity index is 2.47. The predicted molar refractivity (Wildman–Crippen MR) is 38.4 cm³/mol. The van der Waals surface area contributed by atoms with E-state index < -0.39 is 19.9 Å². The largest absolute Gasteiger partial charge is 0.346 e. The molecule has 1 fully saturated rings. The zero-order valence-electron chi connectivity index (χ0n) is 5.72. The highest BCUT2D eigenvalue weighted by atomic mass is 31.1. The Morgan fingerprint density at radius 2 is 2.00 bits per heavy atom. The maximum atomic E-state index is 12.8. The van der Waals surface area contributed by atoms with Crippen LogP contribution in [0.4, 0.5) is 4.39 Å². The molecule has 3 atom stereocenters. The molecule has 0 amide bonds. The first-order chi connectivity index (χ1) is 4.72. The summed E-state index contributed by atoms with van der Waals surface area (Å²) < 4.78 is 23.3. The second-order valence-corrected chi connectivity index (χ2v) is 4.16. The fraction of sp³-hybridized carbons (Fsp3) is 1.00. The van der Waals surface area contributed by atoms with E-state index in [0.717, 1.165) is 12.8 Å². The van der Waals surface area contributed by atoms with Gasteiger partial charge in [-0.3, -0.25) is 4.57 Å². The van der Waals surface area contributed by atoms with Crippen molar-refractivity contribution < 1.29 is 13.8 Å². The molecule has 1 rings (SSSR count). The first-order valence-corrected chi connectivity index (χ1v) is 5.02. The van der Waals surface area contributed by atoms with E-state index in [-0.39, 0.29) is 0 Å². The average molecular weight is 166 g/mol. The average Bonchev–Trinajstić information content (AvgIpc) is 1.88. The molecule has 10 heavy (non-hydrogen) atoms. The van der Waals surface area contributed by atoms with Gasteiger partial charge in [-0.1, -0.05) is 12.8 Å². The molecule has 0 aromatic heterocycles. The van der Waals surface area contributed by atoms with Gasteiger partial charge in [-0.05, 0) is 12.8 Å². The quantitative estimate of drug-likeness (QED) is 0.602. The molecule has 0 spiro atoms. The maximum absolute atomic E-state index is 12.8. The van der Waals surface area contributed by atoms with Crippen molar-refractivity contribution in [3.63, 3.8) is 0 Å². The summed E-state index contributed by atoms with van der Waals surface area (Å²) in [7, 11) is -2.61. The van der Waals surface area contributed by atoms with Gasteiger partial charge < -0.3 is 4.89 Å². The van der Waals surface area contributed by atoms with Crippen LogP contribution in [0.3, 0.4) is 0 Å². The van der Waals surface area contributed by atoms with Gasteiger partial charge in [0, 0.05) is 0 Å². The summed E-state index contributed by atoms with van der Waals surface area (Å²) >= 11 is 0. The lowest BCUT2D eigenvalue weighted by Gasteiger charge is -2.22. The SMILES string of the molecule is O=[PH](O)C1CCCCC1F. The summed E-state index contributed by atoms with van der Waals surface area (Å²) in [6, 6.07) is 0.